The van der Waals surface area contributed by atoms with Gasteiger partial charge in [-0.25, -0.2) is 0 Å². The first-order valence-corrected chi connectivity index (χ1v) is 7.39. The molecule has 1 nitrogen and oxygen atoms in total. The Labute approximate surface area is 143 Å². The fraction of sp³-hybridized carbons (Fsp3) is 0. The highest BCUT2D eigenvalue weighted by Crippen LogP contribution is 2.40. The van der Waals surface area contributed by atoms with Gasteiger partial charge < -0.3 is 4.74 Å². The van der Waals surface area contributed by atoms with Gasteiger partial charge >= 0.3 is 0 Å². The molecule has 0 radical (unpaired) electrons. The number of hydrogen-bond donors (Lipinski definition) is 0. The Morgan fingerprint density at radius 3 is 1.43 bits per heavy atom. The van der Waals surface area contributed by atoms with Gasteiger partial charge in [0, 0.05) is 21.2 Å². The number of hydrogen-bond acceptors (Lipinski definition) is 1. The van der Waals surface area contributed by atoms with E-state index in [1.165, 1.54) is 0 Å². The first-order valence-electron chi connectivity index (χ1n) is 5.88. The average molecular weight is 360 g/mol. The smallest absolute Gasteiger partial charge is 0.146 e. The molecule has 2 aromatic carbocycles. The van der Waals surface area contributed by atoms with Gasteiger partial charge in [-0.15, -0.1) is 0 Å². The summed E-state index contributed by atoms with van der Waals surface area (Å²) in [6.45, 7) is 7.35. The average Bonchev–Trinajstić information content (AvgIpc) is 2.45. The summed E-state index contributed by atoms with van der Waals surface area (Å²) in [4.78, 5) is 0. The van der Waals surface area contributed by atoms with E-state index in [1.54, 1.807) is 36.4 Å². The molecule has 0 aliphatic rings. The summed E-state index contributed by atoms with van der Waals surface area (Å²) in [5.41, 5.74) is 1.20. The van der Waals surface area contributed by atoms with Crippen LogP contribution in [0.25, 0.3) is 12.2 Å². The van der Waals surface area contributed by atoms with Crippen LogP contribution in [0.3, 0.4) is 0 Å². The number of rotatable bonds is 4. The zero-order chi connectivity index (χ0) is 15.6. The Balaban J connectivity index is 2.49. The maximum atomic E-state index is 6.25. The van der Waals surface area contributed by atoms with Crippen LogP contribution >= 0.6 is 46.4 Å². The monoisotopic (exact) mass is 358 g/mol. The Kier molecular flexibility index (Phi) is 5.23. The fourth-order valence-corrected chi connectivity index (χ4v) is 2.88. The van der Waals surface area contributed by atoms with E-state index < -0.39 is 0 Å². The lowest BCUT2D eigenvalue weighted by atomic mass is 10.2. The quantitative estimate of drug-likeness (QED) is 0.553. The summed E-state index contributed by atoms with van der Waals surface area (Å²) in [7, 11) is 0. The third-order valence-corrected chi connectivity index (χ3v) is 4.25. The zero-order valence-electron chi connectivity index (χ0n) is 10.8. The molecule has 2 aromatic rings. The van der Waals surface area contributed by atoms with Crippen LogP contribution in [-0.4, -0.2) is 0 Å². The van der Waals surface area contributed by atoms with Gasteiger partial charge in [-0.3, -0.25) is 0 Å². The van der Waals surface area contributed by atoms with E-state index in [0.717, 1.165) is 0 Å². The van der Waals surface area contributed by atoms with Crippen LogP contribution < -0.4 is 4.74 Å². The van der Waals surface area contributed by atoms with E-state index in [-0.39, 0.29) is 0 Å². The van der Waals surface area contributed by atoms with E-state index in [2.05, 4.69) is 13.2 Å². The van der Waals surface area contributed by atoms with E-state index >= 15 is 0 Å². The first kappa shape index (κ1) is 16.3. The van der Waals surface area contributed by atoms with E-state index in [0.29, 0.717) is 42.7 Å². The molecule has 0 saturated heterocycles. The van der Waals surface area contributed by atoms with Gasteiger partial charge in [-0.2, -0.15) is 0 Å². The first-order chi connectivity index (χ1) is 9.99. The van der Waals surface area contributed by atoms with Crippen LogP contribution in [0.4, 0.5) is 0 Å². The second-order valence-electron chi connectivity index (χ2n) is 4.06. The molecule has 0 heterocycles. The molecule has 21 heavy (non-hydrogen) atoms. The topological polar surface area (TPSA) is 9.23 Å². The molecular weight excluding hydrogens is 350 g/mol. The molecule has 0 fully saturated rings. The van der Waals surface area contributed by atoms with Crippen molar-refractivity contribution >= 4 is 58.6 Å². The van der Waals surface area contributed by atoms with Gasteiger partial charge in [-0.1, -0.05) is 71.7 Å². The van der Waals surface area contributed by atoms with Gasteiger partial charge in [0.15, 0.2) is 0 Å². The number of halogens is 4. The van der Waals surface area contributed by atoms with Crippen LogP contribution in [0.2, 0.25) is 20.1 Å². The Hall–Kier alpha value is -1.12. The van der Waals surface area contributed by atoms with Crippen LogP contribution in [0.5, 0.6) is 11.5 Å². The minimum atomic E-state index is 0.365. The summed E-state index contributed by atoms with van der Waals surface area (Å²) in [5, 5.41) is 1.72. The molecule has 0 spiro atoms. The van der Waals surface area contributed by atoms with Crippen LogP contribution in [0, 0.1) is 0 Å². The van der Waals surface area contributed by atoms with Gasteiger partial charge in [0.25, 0.3) is 0 Å². The van der Waals surface area contributed by atoms with Crippen molar-refractivity contribution in [2.45, 2.75) is 0 Å². The number of ether oxygens (including phenoxy) is 1. The van der Waals surface area contributed by atoms with Crippen LogP contribution in [0.1, 0.15) is 11.1 Å². The summed E-state index contributed by atoms with van der Waals surface area (Å²) < 4.78 is 5.76. The van der Waals surface area contributed by atoms with Gasteiger partial charge in [0.2, 0.25) is 0 Å². The summed E-state index contributed by atoms with van der Waals surface area (Å²) in [5.74, 6) is 0.852. The predicted molar refractivity (Wildman–Crippen MR) is 93.2 cm³/mol. The highest BCUT2D eigenvalue weighted by atomic mass is 35.5. The van der Waals surface area contributed by atoms with E-state index in [9.17, 15) is 0 Å². The van der Waals surface area contributed by atoms with E-state index in [1.807, 2.05) is 0 Å². The highest BCUT2D eigenvalue weighted by Gasteiger charge is 2.14. The molecule has 0 N–H and O–H groups in total. The SMILES string of the molecule is C=Cc1c(Cl)ccc(Oc2ccc(Cl)c(C=C)c2Cl)c1Cl. The standard InChI is InChI=1S/C16H10Cl4O/c1-3-9-11(17)5-7-13(15(9)19)21-14-8-6-12(18)10(4-2)16(14)20/h3-8H,1-2H2. The normalized spacial score (nSPS) is 10.3. The lowest BCUT2D eigenvalue weighted by molar-refractivity contribution is 0.483. The Morgan fingerprint density at radius 2 is 1.10 bits per heavy atom. The highest BCUT2D eigenvalue weighted by molar-refractivity contribution is 6.39. The molecule has 108 valence electrons. The molecule has 2 rings (SSSR count). The summed E-state index contributed by atoms with van der Waals surface area (Å²) in [6, 6.07) is 6.68. The molecule has 0 amide bonds. The maximum absolute atomic E-state index is 6.25. The Bertz CT molecular complexity index is 661. The lowest BCUT2D eigenvalue weighted by Crippen LogP contribution is -1.91. The van der Waals surface area contributed by atoms with Crippen molar-refractivity contribution in [2.24, 2.45) is 0 Å². The molecule has 5 heteroatoms. The lowest BCUT2D eigenvalue weighted by Gasteiger charge is -2.13. The van der Waals surface area contributed by atoms with Crippen LogP contribution in [-0.2, 0) is 0 Å². The second kappa shape index (κ2) is 6.76. The maximum Gasteiger partial charge on any atom is 0.146 e. The van der Waals surface area contributed by atoms with Crippen molar-refractivity contribution in [3.05, 3.63) is 68.6 Å². The second-order valence-corrected chi connectivity index (χ2v) is 5.63. The summed E-state index contributed by atoms with van der Waals surface area (Å²) in [6.07, 6.45) is 3.13. The van der Waals surface area contributed by atoms with E-state index in [4.69, 9.17) is 51.1 Å². The molecular formula is C16H10Cl4O. The molecule has 0 bridgehead atoms. The minimum absolute atomic E-state index is 0.365. The van der Waals surface area contributed by atoms with Crippen molar-refractivity contribution in [3.63, 3.8) is 0 Å². The molecule has 0 aromatic heterocycles. The Morgan fingerprint density at radius 1 is 0.714 bits per heavy atom. The van der Waals surface area contributed by atoms with Gasteiger partial charge in [0.05, 0.1) is 10.0 Å². The molecule has 0 aliphatic heterocycles. The predicted octanol–water partition coefficient (Wildman–Crippen LogP) is 7.38. The van der Waals surface area contributed by atoms with Crippen molar-refractivity contribution in [3.8, 4) is 11.5 Å². The minimum Gasteiger partial charge on any atom is -0.454 e. The molecule has 0 atom stereocenters. The largest absolute Gasteiger partial charge is 0.454 e. The van der Waals surface area contributed by atoms with Crippen molar-refractivity contribution in [1.82, 2.24) is 0 Å². The van der Waals surface area contributed by atoms with Crippen LogP contribution in [0.15, 0.2) is 37.4 Å². The van der Waals surface area contributed by atoms with Crippen molar-refractivity contribution < 1.29 is 4.74 Å². The van der Waals surface area contributed by atoms with Crippen molar-refractivity contribution in [2.75, 3.05) is 0 Å². The van der Waals surface area contributed by atoms with Gasteiger partial charge in [-0.05, 0) is 24.3 Å². The molecule has 0 unspecified atom stereocenters. The molecule has 0 saturated carbocycles. The molecule has 0 aliphatic carbocycles. The number of benzene rings is 2. The van der Waals surface area contributed by atoms with Gasteiger partial charge in [0.1, 0.15) is 11.5 Å². The third kappa shape index (κ3) is 3.22. The third-order valence-electron chi connectivity index (χ3n) is 2.81. The summed E-state index contributed by atoms with van der Waals surface area (Å²) >= 11 is 24.6. The zero-order valence-corrected chi connectivity index (χ0v) is 13.8. The fourth-order valence-electron chi connectivity index (χ4n) is 1.75. The van der Waals surface area contributed by atoms with Crippen molar-refractivity contribution in [1.29, 1.82) is 0 Å².